The summed E-state index contributed by atoms with van der Waals surface area (Å²) in [5.74, 6) is -0.849. The van der Waals surface area contributed by atoms with Gasteiger partial charge >= 0.3 is 5.97 Å². The van der Waals surface area contributed by atoms with E-state index in [-0.39, 0.29) is 25.7 Å². The predicted octanol–water partition coefficient (Wildman–Crippen LogP) is 2.21. The second kappa shape index (κ2) is 6.97. The molecule has 1 aromatic heterocycles. The third kappa shape index (κ3) is 4.10. The minimum Gasteiger partial charge on any atom is -0.768 e. The van der Waals surface area contributed by atoms with Gasteiger partial charge in [-0.2, -0.15) is 0 Å². The van der Waals surface area contributed by atoms with Crippen LogP contribution in [0.25, 0.3) is 0 Å². The molecule has 22 heavy (non-hydrogen) atoms. The molecule has 0 spiro atoms. The number of aromatic nitrogens is 1. The van der Waals surface area contributed by atoms with Crippen LogP contribution in [0.1, 0.15) is 17.3 Å². The molecular weight excluding hydrogens is 352 g/mol. The molecular formula is C12H8ClN2O5S2-. The Morgan fingerprint density at radius 2 is 2.18 bits per heavy atom. The molecule has 0 aliphatic heterocycles. The van der Waals surface area contributed by atoms with Crippen molar-refractivity contribution < 1.29 is 23.1 Å². The fraction of sp³-hybridized carbons (Fsp3) is 0.0833. The number of benzene rings is 1. The lowest BCUT2D eigenvalue weighted by Gasteiger charge is -2.06. The molecule has 2 aromatic rings. The van der Waals surface area contributed by atoms with Crippen LogP contribution in [0, 0.1) is 0 Å². The number of halogens is 1. The Morgan fingerprint density at radius 1 is 1.45 bits per heavy atom. The van der Waals surface area contributed by atoms with E-state index in [2.05, 4.69) is 10.3 Å². The molecule has 1 heterocycles. The number of amides is 1. The van der Waals surface area contributed by atoms with Crippen molar-refractivity contribution in [2.75, 3.05) is 5.32 Å². The van der Waals surface area contributed by atoms with Crippen LogP contribution in [-0.2, 0) is 15.9 Å². The number of thiazole rings is 1. The molecule has 0 fully saturated rings. The lowest BCUT2D eigenvalue weighted by Crippen LogP contribution is -2.12. The fourth-order valence-corrected chi connectivity index (χ4v) is 2.92. The minimum atomic E-state index is -2.40. The number of ether oxygens (including phenoxy) is 1. The van der Waals surface area contributed by atoms with E-state index in [0.29, 0.717) is 0 Å². The van der Waals surface area contributed by atoms with E-state index in [1.165, 1.54) is 25.1 Å². The molecule has 1 unspecified atom stereocenters. The van der Waals surface area contributed by atoms with Gasteiger partial charge in [0.2, 0.25) is 0 Å². The average molecular weight is 360 g/mol. The first-order valence-corrected chi connectivity index (χ1v) is 7.98. The third-order valence-corrected chi connectivity index (χ3v) is 4.43. The van der Waals surface area contributed by atoms with Crippen molar-refractivity contribution in [1.82, 2.24) is 4.98 Å². The van der Waals surface area contributed by atoms with Crippen LogP contribution >= 0.6 is 22.9 Å². The van der Waals surface area contributed by atoms with E-state index >= 15 is 0 Å². The highest BCUT2D eigenvalue weighted by Crippen LogP contribution is 2.25. The maximum atomic E-state index is 12.1. The Labute approximate surface area is 136 Å². The van der Waals surface area contributed by atoms with Crippen molar-refractivity contribution in [1.29, 1.82) is 0 Å². The SMILES string of the molecule is CC(=O)Oc1ccc(C(=O)Nc2ncc(S(=O)[O-])s2)c(Cl)c1. The summed E-state index contributed by atoms with van der Waals surface area (Å²) in [5, 5.41) is 2.65. The van der Waals surface area contributed by atoms with Gasteiger partial charge < -0.3 is 9.29 Å². The van der Waals surface area contributed by atoms with E-state index < -0.39 is 23.0 Å². The third-order valence-electron chi connectivity index (χ3n) is 2.32. The maximum Gasteiger partial charge on any atom is 0.308 e. The second-order valence-corrected chi connectivity index (χ2v) is 6.51. The number of anilines is 1. The first-order valence-electron chi connectivity index (χ1n) is 5.71. The van der Waals surface area contributed by atoms with E-state index in [9.17, 15) is 18.4 Å². The van der Waals surface area contributed by atoms with E-state index in [1.54, 1.807) is 0 Å². The zero-order chi connectivity index (χ0) is 16.3. The number of carbonyl (C=O) groups is 2. The number of hydrogen-bond donors (Lipinski definition) is 1. The smallest absolute Gasteiger partial charge is 0.308 e. The van der Waals surface area contributed by atoms with Gasteiger partial charge in [-0.15, -0.1) is 0 Å². The first-order chi connectivity index (χ1) is 10.4. The fourth-order valence-electron chi connectivity index (χ4n) is 1.47. The quantitative estimate of drug-likeness (QED) is 0.509. The number of rotatable bonds is 4. The van der Waals surface area contributed by atoms with Crippen LogP contribution < -0.4 is 10.1 Å². The van der Waals surface area contributed by atoms with Gasteiger partial charge in [0, 0.05) is 13.0 Å². The molecule has 0 saturated carbocycles. The number of nitrogens with one attached hydrogen (secondary N) is 1. The Bertz CT molecular complexity index is 762. The number of esters is 1. The number of hydrogen-bond acceptors (Lipinski definition) is 7. The van der Waals surface area contributed by atoms with Gasteiger partial charge in [0.25, 0.3) is 5.91 Å². The summed E-state index contributed by atoms with van der Waals surface area (Å²) in [6.07, 6.45) is 1.13. The van der Waals surface area contributed by atoms with Crippen LogP contribution in [0.15, 0.2) is 28.6 Å². The van der Waals surface area contributed by atoms with Gasteiger partial charge in [-0.25, -0.2) is 4.98 Å². The van der Waals surface area contributed by atoms with Gasteiger partial charge in [0.15, 0.2) is 5.13 Å². The van der Waals surface area contributed by atoms with Crippen molar-refractivity contribution >= 4 is 51.0 Å². The molecule has 1 N–H and O–H groups in total. The first kappa shape index (κ1) is 16.6. The summed E-state index contributed by atoms with van der Waals surface area (Å²) < 4.78 is 26.3. The van der Waals surface area contributed by atoms with Crippen LogP contribution in [0.2, 0.25) is 5.02 Å². The van der Waals surface area contributed by atoms with Crippen molar-refractivity contribution in [3.05, 3.63) is 35.0 Å². The van der Waals surface area contributed by atoms with E-state index in [1.807, 2.05) is 0 Å². The molecule has 1 aromatic carbocycles. The summed E-state index contributed by atoms with van der Waals surface area (Å²) in [7, 11) is 0. The van der Waals surface area contributed by atoms with Crippen LogP contribution in [0.5, 0.6) is 5.75 Å². The molecule has 116 valence electrons. The Kier molecular flexibility index (Phi) is 5.24. The molecule has 0 saturated heterocycles. The lowest BCUT2D eigenvalue weighted by atomic mass is 10.2. The van der Waals surface area contributed by atoms with Gasteiger partial charge in [-0.3, -0.25) is 19.1 Å². The topological polar surface area (TPSA) is 108 Å². The summed E-state index contributed by atoms with van der Waals surface area (Å²) >= 11 is 4.37. The van der Waals surface area contributed by atoms with Gasteiger partial charge in [0.1, 0.15) is 5.75 Å². The minimum absolute atomic E-state index is 0.00611. The van der Waals surface area contributed by atoms with Gasteiger partial charge in [0.05, 0.1) is 21.0 Å². The molecule has 0 bridgehead atoms. The Morgan fingerprint density at radius 3 is 2.73 bits per heavy atom. The molecule has 1 atom stereocenters. The highest BCUT2D eigenvalue weighted by Gasteiger charge is 2.14. The molecule has 10 heteroatoms. The van der Waals surface area contributed by atoms with E-state index in [0.717, 1.165) is 17.5 Å². The van der Waals surface area contributed by atoms with Gasteiger partial charge in [-0.1, -0.05) is 22.9 Å². The van der Waals surface area contributed by atoms with E-state index in [4.69, 9.17) is 16.3 Å². The average Bonchev–Trinajstić information content (AvgIpc) is 2.86. The highest BCUT2D eigenvalue weighted by molar-refractivity contribution is 7.81. The van der Waals surface area contributed by atoms with Crippen molar-refractivity contribution in [2.24, 2.45) is 0 Å². The van der Waals surface area contributed by atoms with Crippen molar-refractivity contribution in [3.8, 4) is 5.75 Å². The Hall–Kier alpha value is -1.81. The zero-order valence-electron chi connectivity index (χ0n) is 11.0. The number of carbonyl (C=O) groups excluding carboxylic acids is 2. The summed E-state index contributed by atoms with van der Waals surface area (Å²) in [6.45, 7) is 1.24. The molecule has 7 nitrogen and oxygen atoms in total. The molecule has 0 aliphatic carbocycles. The summed E-state index contributed by atoms with van der Waals surface area (Å²) in [4.78, 5) is 26.7. The molecule has 0 aliphatic rings. The van der Waals surface area contributed by atoms with Crippen LogP contribution in [0.3, 0.4) is 0 Å². The summed E-state index contributed by atoms with van der Waals surface area (Å²) in [5.41, 5.74) is 0.137. The zero-order valence-corrected chi connectivity index (χ0v) is 13.4. The normalized spacial score (nSPS) is 11.8. The molecule has 1 amide bonds. The number of nitrogens with zero attached hydrogens (tertiary/aromatic N) is 1. The van der Waals surface area contributed by atoms with Crippen molar-refractivity contribution in [3.63, 3.8) is 0 Å². The largest absolute Gasteiger partial charge is 0.768 e. The van der Waals surface area contributed by atoms with Gasteiger partial charge in [-0.05, 0) is 23.2 Å². The maximum absolute atomic E-state index is 12.1. The summed E-state index contributed by atoms with van der Waals surface area (Å²) in [6, 6.07) is 4.14. The highest BCUT2D eigenvalue weighted by atomic mass is 35.5. The van der Waals surface area contributed by atoms with Crippen LogP contribution in [0.4, 0.5) is 5.13 Å². The molecule has 0 radical (unpaired) electrons. The van der Waals surface area contributed by atoms with Crippen molar-refractivity contribution in [2.45, 2.75) is 11.1 Å². The lowest BCUT2D eigenvalue weighted by molar-refractivity contribution is -0.131. The Balaban J connectivity index is 2.15. The monoisotopic (exact) mass is 359 g/mol. The second-order valence-electron chi connectivity index (χ2n) is 3.91. The van der Waals surface area contributed by atoms with Crippen LogP contribution in [-0.4, -0.2) is 25.6 Å². The molecule has 2 rings (SSSR count). The standard InChI is InChI=1S/C12H9ClN2O5S2/c1-6(16)20-7-2-3-8(9(13)4-7)11(17)15-12-14-5-10(21-12)22(18)19/h2-5H,1H3,(H,18,19)(H,14,15,17)/p-1. The predicted molar refractivity (Wildman–Crippen MR) is 80.0 cm³/mol.